The van der Waals surface area contributed by atoms with Crippen molar-refractivity contribution in [2.75, 3.05) is 36.8 Å². The van der Waals surface area contributed by atoms with Crippen molar-refractivity contribution in [3.8, 4) is 0 Å². The summed E-state index contributed by atoms with van der Waals surface area (Å²) >= 11 is 0. The van der Waals surface area contributed by atoms with Crippen molar-refractivity contribution < 1.29 is 4.39 Å². The van der Waals surface area contributed by atoms with E-state index in [1.165, 1.54) is 6.20 Å². The number of aromatic nitrogens is 2. The van der Waals surface area contributed by atoms with Crippen molar-refractivity contribution in [1.82, 2.24) is 14.9 Å². The predicted octanol–water partition coefficient (Wildman–Crippen LogP) is 2.97. The summed E-state index contributed by atoms with van der Waals surface area (Å²) in [6, 6.07) is 0.180. The number of nitrogens with zero attached hydrogens (tertiary/aromatic N) is 3. The summed E-state index contributed by atoms with van der Waals surface area (Å²) in [6.45, 7) is 12.3. The van der Waals surface area contributed by atoms with Gasteiger partial charge in [0.1, 0.15) is 0 Å². The molecule has 0 aliphatic heterocycles. The van der Waals surface area contributed by atoms with Gasteiger partial charge >= 0.3 is 0 Å². The number of anilines is 2. The van der Waals surface area contributed by atoms with Crippen LogP contribution in [0.25, 0.3) is 0 Å². The minimum atomic E-state index is -0.410. The molecule has 1 unspecified atom stereocenters. The van der Waals surface area contributed by atoms with Crippen molar-refractivity contribution in [2.45, 2.75) is 46.6 Å². The Bertz CT molecular complexity index is 409. The van der Waals surface area contributed by atoms with Gasteiger partial charge in [-0.15, -0.1) is 0 Å². The molecule has 0 aromatic carbocycles. The Kier molecular flexibility index (Phi) is 7.97. The van der Waals surface area contributed by atoms with E-state index in [1.807, 2.05) is 6.92 Å². The molecule has 0 amide bonds. The fourth-order valence-corrected chi connectivity index (χ4v) is 2.18. The van der Waals surface area contributed by atoms with Crippen molar-refractivity contribution in [3.63, 3.8) is 0 Å². The van der Waals surface area contributed by atoms with Gasteiger partial charge in [0.25, 0.3) is 0 Å². The van der Waals surface area contributed by atoms with Gasteiger partial charge < -0.3 is 15.5 Å². The summed E-state index contributed by atoms with van der Waals surface area (Å²) in [5.41, 5.74) is 0. The highest BCUT2D eigenvalue weighted by molar-refractivity contribution is 5.41. The van der Waals surface area contributed by atoms with E-state index in [2.05, 4.69) is 46.3 Å². The Balaban J connectivity index is 2.46. The molecule has 1 aromatic rings. The lowest BCUT2D eigenvalue weighted by Gasteiger charge is -2.20. The molecule has 1 heterocycles. The van der Waals surface area contributed by atoms with Crippen LogP contribution >= 0.6 is 0 Å². The molecule has 21 heavy (non-hydrogen) atoms. The topological polar surface area (TPSA) is 53.1 Å². The fourth-order valence-electron chi connectivity index (χ4n) is 2.18. The minimum Gasteiger partial charge on any atom is -0.365 e. The van der Waals surface area contributed by atoms with Crippen molar-refractivity contribution in [1.29, 1.82) is 0 Å². The average Bonchev–Trinajstić information content (AvgIpc) is 2.47. The fraction of sp³-hybridized carbons (Fsp3) is 0.733. The maximum Gasteiger partial charge on any atom is 0.224 e. The molecule has 1 aromatic heterocycles. The highest BCUT2D eigenvalue weighted by Crippen LogP contribution is 2.14. The van der Waals surface area contributed by atoms with Crippen LogP contribution < -0.4 is 10.6 Å². The lowest BCUT2D eigenvalue weighted by molar-refractivity contribution is 0.295. The van der Waals surface area contributed by atoms with Crippen LogP contribution in [0, 0.1) is 5.82 Å². The van der Waals surface area contributed by atoms with Crippen molar-refractivity contribution in [3.05, 3.63) is 12.0 Å². The molecular formula is C15H28FN5. The summed E-state index contributed by atoms with van der Waals surface area (Å²) in [5, 5.41) is 6.12. The summed E-state index contributed by atoms with van der Waals surface area (Å²) < 4.78 is 13.7. The van der Waals surface area contributed by atoms with Gasteiger partial charge in [-0.25, -0.2) is 9.37 Å². The van der Waals surface area contributed by atoms with Crippen molar-refractivity contribution in [2.24, 2.45) is 0 Å². The van der Waals surface area contributed by atoms with Crippen LogP contribution in [0.3, 0.4) is 0 Å². The van der Waals surface area contributed by atoms with Crippen LogP contribution in [0.1, 0.15) is 40.5 Å². The lowest BCUT2D eigenvalue weighted by Crippen LogP contribution is -2.26. The first-order chi connectivity index (χ1) is 10.1. The number of rotatable bonds is 10. The summed E-state index contributed by atoms with van der Waals surface area (Å²) in [6.07, 6.45) is 3.27. The van der Waals surface area contributed by atoms with E-state index in [-0.39, 0.29) is 11.9 Å². The molecule has 1 rings (SSSR count). The number of nitrogens with one attached hydrogen (secondary N) is 2. The zero-order valence-electron chi connectivity index (χ0n) is 13.6. The molecule has 1 atom stereocenters. The highest BCUT2D eigenvalue weighted by Gasteiger charge is 2.10. The second kappa shape index (κ2) is 9.50. The molecule has 0 saturated heterocycles. The van der Waals surface area contributed by atoms with E-state index in [0.717, 1.165) is 32.5 Å². The lowest BCUT2D eigenvalue weighted by atomic mass is 10.1. The number of hydrogen-bond acceptors (Lipinski definition) is 5. The molecule has 0 saturated carbocycles. The maximum atomic E-state index is 13.7. The zero-order valence-corrected chi connectivity index (χ0v) is 13.6. The molecule has 120 valence electrons. The summed E-state index contributed by atoms with van der Waals surface area (Å²) in [7, 11) is 0. The molecule has 2 N–H and O–H groups in total. The van der Waals surface area contributed by atoms with E-state index in [9.17, 15) is 4.39 Å². The van der Waals surface area contributed by atoms with Crippen LogP contribution in [-0.2, 0) is 0 Å². The van der Waals surface area contributed by atoms with Gasteiger partial charge in [0, 0.05) is 12.6 Å². The molecule has 0 fully saturated rings. The second-order valence-corrected chi connectivity index (χ2v) is 5.13. The monoisotopic (exact) mass is 297 g/mol. The van der Waals surface area contributed by atoms with Crippen LogP contribution in [0.15, 0.2) is 6.20 Å². The first-order valence-electron chi connectivity index (χ1n) is 7.85. The van der Waals surface area contributed by atoms with E-state index in [0.29, 0.717) is 12.5 Å². The van der Waals surface area contributed by atoms with E-state index in [4.69, 9.17) is 0 Å². The highest BCUT2D eigenvalue weighted by atomic mass is 19.1. The van der Waals surface area contributed by atoms with Crippen LogP contribution in [0.5, 0.6) is 0 Å². The smallest absolute Gasteiger partial charge is 0.224 e. The minimum absolute atomic E-state index is 0.180. The summed E-state index contributed by atoms with van der Waals surface area (Å²) in [4.78, 5) is 10.4. The van der Waals surface area contributed by atoms with Crippen LogP contribution in [0.2, 0.25) is 0 Å². The molecule has 6 heteroatoms. The SMILES string of the molecule is CCNc1ncc(F)c(NC(C)CCCN(CC)CC)n1. The van der Waals surface area contributed by atoms with Crippen molar-refractivity contribution >= 4 is 11.8 Å². The Morgan fingerprint density at radius 1 is 1.29 bits per heavy atom. The van der Waals surface area contributed by atoms with Gasteiger partial charge in [0.05, 0.1) is 6.20 Å². The van der Waals surface area contributed by atoms with E-state index < -0.39 is 5.82 Å². The molecule has 0 aliphatic carbocycles. The summed E-state index contributed by atoms with van der Waals surface area (Å²) in [5.74, 6) is 0.320. The van der Waals surface area contributed by atoms with Crippen LogP contribution in [-0.4, -0.2) is 47.1 Å². The van der Waals surface area contributed by atoms with E-state index >= 15 is 0 Å². The first kappa shape index (κ1) is 17.6. The molecule has 0 radical (unpaired) electrons. The molecular weight excluding hydrogens is 269 g/mol. The Labute approximate surface area is 127 Å². The largest absolute Gasteiger partial charge is 0.365 e. The third-order valence-corrected chi connectivity index (χ3v) is 3.47. The van der Waals surface area contributed by atoms with Gasteiger partial charge in [-0.05, 0) is 46.3 Å². The maximum absolute atomic E-state index is 13.7. The van der Waals surface area contributed by atoms with E-state index in [1.54, 1.807) is 0 Å². The third kappa shape index (κ3) is 6.25. The second-order valence-electron chi connectivity index (χ2n) is 5.13. The normalized spacial score (nSPS) is 12.5. The molecule has 5 nitrogen and oxygen atoms in total. The average molecular weight is 297 g/mol. The number of halogens is 1. The Morgan fingerprint density at radius 3 is 2.62 bits per heavy atom. The number of hydrogen-bond donors (Lipinski definition) is 2. The van der Waals surface area contributed by atoms with Gasteiger partial charge in [-0.2, -0.15) is 4.98 Å². The quantitative estimate of drug-likeness (QED) is 0.695. The van der Waals surface area contributed by atoms with Gasteiger partial charge in [0.15, 0.2) is 11.6 Å². The van der Waals surface area contributed by atoms with Crippen LogP contribution in [0.4, 0.5) is 16.2 Å². The van der Waals surface area contributed by atoms with Gasteiger partial charge in [0.2, 0.25) is 5.95 Å². The molecule has 0 bridgehead atoms. The first-order valence-corrected chi connectivity index (χ1v) is 7.85. The molecule has 0 spiro atoms. The standard InChI is InChI=1S/C15H28FN5/c1-5-17-15-18-11-13(16)14(20-15)19-12(4)9-8-10-21(6-2)7-3/h11-12H,5-10H2,1-4H3,(H2,17,18,19,20). The zero-order chi connectivity index (χ0) is 15.7. The van der Waals surface area contributed by atoms with Gasteiger partial charge in [-0.3, -0.25) is 0 Å². The molecule has 0 aliphatic rings. The third-order valence-electron chi connectivity index (χ3n) is 3.47. The Hall–Kier alpha value is -1.43. The van der Waals surface area contributed by atoms with Gasteiger partial charge in [-0.1, -0.05) is 13.8 Å². The predicted molar refractivity (Wildman–Crippen MR) is 86.3 cm³/mol. The Morgan fingerprint density at radius 2 is 2.00 bits per heavy atom.